The number of benzene rings is 2. The Balaban J connectivity index is 2.20. The van der Waals surface area contributed by atoms with Gasteiger partial charge in [-0.3, -0.25) is 0 Å². The predicted octanol–water partition coefficient (Wildman–Crippen LogP) is 4.51. The van der Waals surface area contributed by atoms with Crippen molar-refractivity contribution in [2.24, 2.45) is 0 Å². The first-order valence-corrected chi connectivity index (χ1v) is 9.55. The van der Waals surface area contributed by atoms with Crippen molar-refractivity contribution >= 4 is 18.6 Å². The number of rotatable bonds is 5. The normalized spacial score (nSPS) is 12.1. The Morgan fingerprint density at radius 3 is 2.12 bits per heavy atom. The van der Waals surface area contributed by atoms with Gasteiger partial charge < -0.3 is 4.52 Å². The van der Waals surface area contributed by atoms with Crippen molar-refractivity contribution in [3.8, 4) is 17.0 Å². The van der Waals surface area contributed by atoms with E-state index in [2.05, 4.69) is 0 Å². The molecule has 2 aromatic carbocycles. The fourth-order valence-corrected chi connectivity index (χ4v) is 4.06. The molecular weight excluding hydrogens is 333 g/mol. The maximum absolute atomic E-state index is 13.3. The molecule has 0 spiro atoms. The van der Waals surface area contributed by atoms with Crippen LogP contribution >= 0.6 is 7.67 Å². The van der Waals surface area contributed by atoms with E-state index >= 15 is 0 Å². The highest BCUT2D eigenvalue weighted by Crippen LogP contribution is 2.52. The van der Waals surface area contributed by atoms with Crippen LogP contribution < -0.4 is 4.52 Å². The van der Waals surface area contributed by atoms with Gasteiger partial charge in [-0.25, -0.2) is 18.9 Å². The average molecular weight is 355 g/mol. The number of hydrogen-bond acceptors (Lipinski definition) is 3. The molecule has 0 saturated heterocycles. The van der Waals surface area contributed by atoms with Gasteiger partial charge in [-0.15, -0.1) is 0 Å². The molecule has 6 heteroatoms. The second-order valence-corrected chi connectivity index (χ2v) is 8.93. The van der Waals surface area contributed by atoms with Crippen LogP contribution in [0.3, 0.4) is 0 Å². The average Bonchev–Trinajstić information content (AvgIpc) is 2.61. The Labute approximate surface area is 148 Å². The summed E-state index contributed by atoms with van der Waals surface area (Å²) in [4.78, 5) is 4.77. The summed E-state index contributed by atoms with van der Waals surface area (Å²) in [5.41, 5.74) is 2.48. The Kier molecular flexibility index (Phi) is 4.91. The van der Waals surface area contributed by atoms with Gasteiger partial charge in [-0.1, -0.05) is 48.5 Å². The third-order valence-corrected chi connectivity index (χ3v) is 6.42. The lowest BCUT2D eigenvalue weighted by molar-refractivity contribution is 0.354. The molecule has 0 saturated carbocycles. The number of aromatic nitrogens is 1. The molecule has 0 atom stereocenters. The maximum atomic E-state index is 13.3. The summed E-state index contributed by atoms with van der Waals surface area (Å²) in [5.74, 6) is 0.510. The van der Waals surface area contributed by atoms with Gasteiger partial charge in [0.2, 0.25) is 0 Å². The van der Waals surface area contributed by atoms with Gasteiger partial charge in [0, 0.05) is 10.9 Å². The molecule has 0 bridgehead atoms. The first-order valence-electron chi connectivity index (χ1n) is 8.02. The summed E-state index contributed by atoms with van der Waals surface area (Å²) in [7, 11) is 3.81. The zero-order chi connectivity index (χ0) is 18.0. The lowest BCUT2D eigenvalue weighted by atomic mass is 10.1. The molecule has 25 heavy (non-hydrogen) atoms. The second kappa shape index (κ2) is 6.96. The van der Waals surface area contributed by atoms with Crippen molar-refractivity contribution in [3.63, 3.8) is 0 Å². The van der Waals surface area contributed by atoms with Crippen LogP contribution in [-0.2, 0) is 4.57 Å². The highest BCUT2D eigenvalue weighted by molar-refractivity contribution is 7.54. The molecule has 130 valence electrons. The monoisotopic (exact) mass is 355 g/mol. The van der Waals surface area contributed by atoms with Crippen LogP contribution in [0, 0.1) is 0 Å². The van der Waals surface area contributed by atoms with E-state index in [1.807, 2.05) is 60.7 Å². The molecule has 0 aliphatic rings. The number of hydrogen-bond donors (Lipinski definition) is 0. The summed E-state index contributed by atoms with van der Waals surface area (Å²) < 4.78 is 22.6. The van der Waals surface area contributed by atoms with Crippen LogP contribution in [0.4, 0.5) is 0 Å². The number of pyridine rings is 1. The third-order valence-electron chi connectivity index (χ3n) is 3.96. The lowest BCUT2D eigenvalue weighted by Crippen LogP contribution is -2.24. The van der Waals surface area contributed by atoms with Crippen molar-refractivity contribution in [1.29, 1.82) is 0 Å². The van der Waals surface area contributed by atoms with E-state index < -0.39 is 7.67 Å². The van der Waals surface area contributed by atoms with Crippen LogP contribution in [-0.4, -0.2) is 42.5 Å². The van der Waals surface area contributed by atoms with Crippen molar-refractivity contribution < 1.29 is 9.09 Å². The van der Waals surface area contributed by atoms with Crippen molar-refractivity contribution in [3.05, 3.63) is 60.7 Å². The molecular formula is C19H22N3O2P. The van der Waals surface area contributed by atoms with Gasteiger partial charge in [-0.2, -0.15) is 0 Å². The summed E-state index contributed by atoms with van der Waals surface area (Å²) in [6.45, 7) is 0. The molecule has 0 aliphatic carbocycles. The van der Waals surface area contributed by atoms with Crippen LogP contribution in [0.5, 0.6) is 5.75 Å². The van der Waals surface area contributed by atoms with Gasteiger partial charge >= 0.3 is 7.67 Å². The topological polar surface area (TPSA) is 45.7 Å². The molecule has 1 heterocycles. The third kappa shape index (κ3) is 3.45. The maximum Gasteiger partial charge on any atom is 0.394 e. The first kappa shape index (κ1) is 17.6. The van der Waals surface area contributed by atoms with Gasteiger partial charge in [-0.05, 0) is 40.3 Å². The quantitative estimate of drug-likeness (QED) is 0.630. The Hall–Kier alpha value is -2.20. The fourth-order valence-electron chi connectivity index (χ4n) is 2.62. The predicted molar refractivity (Wildman–Crippen MR) is 103 cm³/mol. The molecule has 0 unspecified atom stereocenters. The molecule has 3 rings (SSSR count). The SMILES string of the molecule is CN(C)P(=O)(Oc1cc2ccccc2nc1-c1ccccc1)N(C)C. The molecule has 0 amide bonds. The molecule has 0 aliphatic heterocycles. The number of nitrogens with zero attached hydrogens (tertiary/aromatic N) is 3. The molecule has 5 nitrogen and oxygen atoms in total. The highest BCUT2D eigenvalue weighted by atomic mass is 31.2. The summed E-state index contributed by atoms with van der Waals surface area (Å²) in [6, 6.07) is 19.5. The van der Waals surface area contributed by atoms with E-state index in [-0.39, 0.29) is 0 Å². The van der Waals surface area contributed by atoms with Gasteiger partial charge in [0.15, 0.2) is 5.75 Å². The van der Waals surface area contributed by atoms with E-state index in [0.717, 1.165) is 16.5 Å². The molecule has 0 fully saturated rings. The molecule has 0 N–H and O–H groups in total. The highest BCUT2D eigenvalue weighted by Gasteiger charge is 2.32. The number of fused-ring (bicyclic) bond motifs is 1. The van der Waals surface area contributed by atoms with Crippen LogP contribution in [0.25, 0.3) is 22.2 Å². The van der Waals surface area contributed by atoms with Crippen LogP contribution in [0.1, 0.15) is 0 Å². The van der Waals surface area contributed by atoms with E-state index in [4.69, 9.17) is 9.51 Å². The van der Waals surface area contributed by atoms with E-state index in [1.54, 1.807) is 37.5 Å². The van der Waals surface area contributed by atoms with Crippen molar-refractivity contribution in [1.82, 2.24) is 14.3 Å². The fraction of sp³-hybridized carbons (Fsp3) is 0.211. The summed E-state index contributed by atoms with van der Waals surface area (Å²) >= 11 is 0. The standard InChI is InChI=1S/C19H22N3O2P/c1-21(2)25(23,22(3)4)24-18-14-16-12-8-9-13-17(16)20-19(18)15-10-6-5-7-11-15/h5-14H,1-4H3. The molecule has 3 aromatic rings. The van der Waals surface area contributed by atoms with Gasteiger partial charge in [0.25, 0.3) is 0 Å². The van der Waals surface area contributed by atoms with Gasteiger partial charge in [0.1, 0.15) is 5.69 Å². The first-order chi connectivity index (χ1) is 11.9. The van der Waals surface area contributed by atoms with Crippen LogP contribution in [0.15, 0.2) is 60.7 Å². The second-order valence-electron chi connectivity index (χ2n) is 6.17. The summed E-state index contributed by atoms with van der Waals surface area (Å²) in [5, 5.41) is 0.946. The Morgan fingerprint density at radius 2 is 1.48 bits per heavy atom. The Morgan fingerprint density at radius 1 is 0.880 bits per heavy atom. The van der Waals surface area contributed by atoms with E-state index in [9.17, 15) is 4.57 Å². The van der Waals surface area contributed by atoms with Crippen LogP contribution in [0.2, 0.25) is 0 Å². The lowest BCUT2D eigenvalue weighted by Gasteiger charge is -2.30. The van der Waals surface area contributed by atoms with Crippen molar-refractivity contribution in [2.75, 3.05) is 28.2 Å². The number of para-hydroxylation sites is 1. The minimum atomic E-state index is -3.18. The zero-order valence-electron chi connectivity index (χ0n) is 14.9. The van der Waals surface area contributed by atoms with E-state index in [0.29, 0.717) is 11.4 Å². The van der Waals surface area contributed by atoms with Crippen molar-refractivity contribution in [2.45, 2.75) is 0 Å². The molecule has 1 aromatic heterocycles. The largest absolute Gasteiger partial charge is 0.419 e. The van der Waals surface area contributed by atoms with Gasteiger partial charge in [0.05, 0.1) is 5.52 Å². The smallest absolute Gasteiger partial charge is 0.394 e. The Bertz CT molecular complexity index is 914. The summed E-state index contributed by atoms with van der Waals surface area (Å²) in [6.07, 6.45) is 0. The minimum absolute atomic E-state index is 0.510. The minimum Gasteiger partial charge on any atom is -0.419 e. The van der Waals surface area contributed by atoms with E-state index in [1.165, 1.54) is 0 Å². The zero-order valence-corrected chi connectivity index (χ0v) is 15.8. The molecule has 0 radical (unpaired) electrons.